The van der Waals surface area contributed by atoms with E-state index >= 15 is 0 Å². The fraction of sp³-hybridized carbons (Fsp3) is 0.259. The molecule has 2 aromatic carbocycles. The minimum absolute atomic E-state index is 0.0126. The second kappa shape index (κ2) is 11.1. The highest BCUT2D eigenvalue weighted by Gasteiger charge is 2.30. The molecule has 1 atom stereocenters. The first-order valence-electron chi connectivity index (χ1n) is 12.4. The number of benzene rings is 2. The van der Waals surface area contributed by atoms with Gasteiger partial charge in [0, 0.05) is 44.4 Å². The number of pyridine rings is 1. The number of nitrogens with one attached hydrogen (secondary N) is 1. The number of nitrogens with zero attached hydrogens (tertiary/aromatic N) is 6. The van der Waals surface area contributed by atoms with Crippen molar-refractivity contribution >= 4 is 21.7 Å². The lowest BCUT2D eigenvalue weighted by atomic mass is 10.0. The summed E-state index contributed by atoms with van der Waals surface area (Å²) < 4.78 is 28.0. The van der Waals surface area contributed by atoms with Gasteiger partial charge in [-0.1, -0.05) is 53.7 Å². The first-order valence-corrected chi connectivity index (χ1v) is 13.9. The zero-order valence-corrected chi connectivity index (χ0v) is 21.8. The largest absolute Gasteiger partial charge is 0.353 e. The average molecular weight is 532 g/mol. The lowest BCUT2D eigenvalue weighted by molar-refractivity contribution is -0.135. The maximum Gasteiger partial charge on any atom is 0.247 e. The van der Waals surface area contributed by atoms with E-state index < -0.39 is 16.1 Å². The van der Waals surface area contributed by atoms with Crippen molar-refractivity contribution in [2.75, 3.05) is 38.1 Å². The third kappa shape index (κ3) is 5.58. The van der Waals surface area contributed by atoms with E-state index in [0.717, 1.165) is 11.4 Å². The molecular weight excluding hydrogens is 502 g/mol. The van der Waals surface area contributed by atoms with Crippen molar-refractivity contribution in [2.45, 2.75) is 17.4 Å². The molecule has 0 saturated carbocycles. The predicted molar refractivity (Wildman–Crippen MR) is 144 cm³/mol. The van der Waals surface area contributed by atoms with Gasteiger partial charge in [-0.25, -0.2) is 22.8 Å². The van der Waals surface area contributed by atoms with E-state index in [2.05, 4.69) is 24.9 Å². The Hall–Kier alpha value is -4.09. The lowest BCUT2D eigenvalue weighted by Gasteiger charge is -2.37. The van der Waals surface area contributed by atoms with Gasteiger partial charge < -0.3 is 9.80 Å². The molecule has 1 N–H and O–H groups in total. The molecule has 1 amide bonds. The van der Waals surface area contributed by atoms with Gasteiger partial charge in [-0.2, -0.15) is 0 Å². The average Bonchev–Trinajstić information content (AvgIpc) is 3.47. The predicted octanol–water partition coefficient (Wildman–Crippen LogP) is 2.38. The molecule has 1 fully saturated rings. The summed E-state index contributed by atoms with van der Waals surface area (Å²) >= 11 is 0. The zero-order chi connectivity index (χ0) is 26.5. The van der Waals surface area contributed by atoms with Gasteiger partial charge in [0.05, 0.1) is 11.1 Å². The molecule has 0 radical (unpaired) electrons. The monoisotopic (exact) mass is 531 g/mol. The standard InChI is InChI=1S/C27H29N7O3S/c1-28-38(36,37)23-12-10-22(11-13-23)24-20-34(31-30-24)25(19-21-7-3-2-4-8-21)27(35)33-17-15-32(16-18-33)26-9-5-6-14-29-26/h2-14,20,25,28H,15-19H2,1H3/t25-/m0/s1. The topological polar surface area (TPSA) is 113 Å². The lowest BCUT2D eigenvalue weighted by Crippen LogP contribution is -2.51. The molecule has 0 aliphatic carbocycles. The number of aromatic nitrogens is 4. The molecule has 2 aromatic heterocycles. The smallest absolute Gasteiger partial charge is 0.247 e. The molecule has 196 valence electrons. The molecule has 10 nitrogen and oxygen atoms in total. The normalized spacial score (nSPS) is 14.9. The van der Waals surface area contributed by atoms with Crippen LogP contribution in [0.4, 0.5) is 5.82 Å². The molecule has 0 bridgehead atoms. The molecule has 5 rings (SSSR count). The molecule has 0 spiro atoms. The summed E-state index contributed by atoms with van der Waals surface area (Å²) in [5.74, 6) is 0.899. The van der Waals surface area contributed by atoms with Crippen LogP contribution >= 0.6 is 0 Å². The summed E-state index contributed by atoms with van der Waals surface area (Å²) in [5, 5.41) is 8.62. The first-order chi connectivity index (χ1) is 18.4. The van der Waals surface area contributed by atoms with Gasteiger partial charge >= 0.3 is 0 Å². The van der Waals surface area contributed by atoms with Crippen LogP contribution in [0.1, 0.15) is 11.6 Å². The maximum absolute atomic E-state index is 13.8. The summed E-state index contributed by atoms with van der Waals surface area (Å²) in [7, 11) is -2.16. The van der Waals surface area contributed by atoms with Gasteiger partial charge in [0.15, 0.2) is 0 Å². The summed E-state index contributed by atoms with van der Waals surface area (Å²) in [6, 6.07) is 21.5. The number of hydrogen-bond acceptors (Lipinski definition) is 7. The Kier molecular flexibility index (Phi) is 7.47. The number of amides is 1. The van der Waals surface area contributed by atoms with E-state index in [9.17, 15) is 13.2 Å². The Morgan fingerprint density at radius 1 is 0.947 bits per heavy atom. The third-order valence-electron chi connectivity index (χ3n) is 6.68. The van der Waals surface area contributed by atoms with Crippen LogP contribution in [0.15, 0.2) is 90.1 Å². The molecule has 1 aliphatic heterocycles. The van der Waals surface area contributed by atoms with Crippen LogP contribution in [0, 0.1) is 0 Å². The number of carbonyl (C=O) groups excluding carboxylic acids is 1. The van der Waals surface area contributed by atoms with E-state index in [4.69, 9.17) is 0 Å². The number of rotatable bonds is 8. The van der Waals surface area contributed by atoms with Crippen LogP contribution in [0.25, 0.3) is 11.3 Å². The fourth-order valence-electron chi connectivity index (χ4n) is 4.52. The SMILES string of the molecule is CNS(=O)(=O)c1ccc(-c2cn([C@@H](Cc3ccccc3)C(=O)N3CCN(c4ccccn4)CC3)nn2)cc1. The molecule has 1 saturated heterocycles. The fourth-order valence-corrected chi connectivity index (χ4v) is 5.25. The Labute approximate surface area is 222 Å². The summed E-state index contributed by atoms with van der Waals surface area (Å²) in [4.78, 5) is 22.5. The number of carbonyl (C=O) groups is 1. The van der Waals surface area contributed by atoms with Crippen molar-refractivity contribution in [1.29, 1.82) is 0 Å². The third-order valence-corrected chi connectivity index (χ3v) is 8.11. The molecule has 4 aromatic rings. The van der Waals surface area contributed by atoms with Crippen LogP contribution in [0.3, 0.4) is 0 Å². The second-order valence-electron chi connectivity index (χ2n) is 9.02. The van der Waals surface area contributed by atoms with Crippen molar-refractivity contribution < 1.29 is 13.2 Å². The highest BCUT2D eigenvalue weighted by atomic mass is 32.2. The van der Waals surface area contributed by atoms with Gasteiger partial charge in [-0.15, -0.1) is 5.10 Å². The van der Waals surface area contributed by atoms with E-state index in [0.29, 0.717) is 43.9 Å². The van der Waals surface area contributed by atoms with E-state index in [-0.39, 0.29) is 10.8 Å². The van der Waals surface area contributed by atoms with E-state index in [1.165, 1.54) is 19.2 Å². The van der Waals surface area contributed by atoms with Crippen LogP contribution in [0.2, 0.25) is 0 Å². The van der Waals surface area contributed by atoms with Gasteiger partial charge in [0.2, 0.25) is 15.9 Å². The van der Waals surface area contributed by atoms with Crippen molar-refractivity contribution in [3.05, 3.63) is 90.8 Å². The molecule has 1 aliphatic rings. The highest BCUT2D eigenvalue weighted by Crippen LogP contribution is 2.24. The number of piperazine rings is 1. The first kappa shape index (κ1) is 25.6. The second-order valence-corrected chi connectivity index (χ2v) is 10.9. The minimum atomic E-state index is -3.53. The number of anilines is 1. The minimum Gasteiger partial charge on any atom is -0.353 e. The summed E-state index contributed by atoms with van der Waals surface area (Å²) in [5.41, 5.74) is 2.29. The van der Waals surface area contributed by atoms with E-state index in [1.54, 1.807) is 29.2 Å². The molecular formula is C27H29N7O3S. The van der Waals surface area contributed by atoms with Crippen molar-refractivity contribution in [3.63, 3.8) is 0 Å². The molecule has 0 unspecified atom stereocenters. The quantitative estimate of drug-likeness (QED) is 0.371. The van der Waals surface area contributed by atoms with Crippen LogP contribution < -0.4 is 9.62 Å². The van der Waals surface area contributed by atoms with Gasteiger partial charge in [0.1, 0.15) is 17.6 Å². The van der Waals surface area contributed by atoms with Gasteiger partial charge in [-0.05, 0) is 36.9 Å². The van der Waals surface area contributed by atoms with Crippen LogP contribution in [-0.4, -0.2) is 72.4 Å². The summed E-state index contributed by atoms with van der Waals surface area (Å²) in [6.45, 7) is 2.57. The Morgan fingerprint density at radius 3 is 2.32 bits per heavy atom. The van der Waals surface area contributed by atoms with Crippen molar-refractivity contribution in [1.82, 2.24) is 29.6 Å². The zero-order valence-electron chi connectivity index (χ0n) is 21.0. The van der Waals surface area contributed by atoms with E-state index in [1.807, 2.05) is 53.4 Å². The maximum atomic E-state index is 13.8. The van der Waals surface area contributed by atoms with Gasteiger partial charge in [-0.3, -0.25) is 4.79 Å². The molecule has 3 heterocycles. The molecule has 11 heteroatoms. The number of sulfonamides is 1. The van der Waals surface area contributed by atoms with Crippen LogP contribution in [-0.2, 0) is 21.2 Å². The summed E-state index contributed by atoms with van der Waals surface area (Å²) in [6.07, 6.45) is 4.00. The van der Waals surface area contributed by atoms with Crippen molar-refractivity contribution in [2.24, 2.45) is 0 Å². The highest BCUT2D eigenvalue weighted by molar-refractivity contribution is 7.89. The Balaban J connectivity index is 1.36. The van der Waals surface area contributed by atoms with Gasteiger partial charge in [0.25, 0.3) is 0 Å². The van der Waals surface area contributed by atoms with Crippen LogP contribution in [0.5, 0.6) is 0 Å². The Morgan fingerprint density at radius 2 is 1.66 bits per heavy atom. The Bertz CT molecular complexity index is 1470. The molecule has 38 heavy (non-hydrogen) atoms. The number of hydrogen-bond donors (Lipinski definition) is 1. The van der Waals surface area contributed by atoms with Crippen molar-refractivity contribution in [3.8, 4) is 11.3 Å².